The highest BCUT2D eigenvalue weighted by atomic mass is 16.5. The standard InChI is InChI=1S/C14H16N2O/c15-10-11-4-1-2-5-12(11)16-8-9-17-14-7-3-6-13(14)16/h1-2,4-5,13-14H,3,6-9H2. The van der Waals surface area contributed by atoms with Crippen LogP contribution in [0.1, 0.15) is 24.8 Å². The highest BCUT2D eigenvalue weighted by molar-refractivity contribution is 5.60. The molecule has 0 radical (unpaired) electrons. The van der Waals surface area contributed by atoms with Gasteiger partial charge in [0.05, 0.1) is 30.0 Å². The molecule has 1 saturated heterocycles. The van der Waals surface area contributed by atoms with Crippen molar-refractivity contribution < 1.29 is 4.74 Å². The molecule has 1 aliphatic carbocycles. The number of benzene rings is 1. The summed E-state index contributed by atoms with van der Waals surface area (Å²) >= 11 is 0. The van der Waals surface area contributed by atoms with E-state index in [0.717, 1.165) is 30.8 Å². The predicted molar refractivity (Wildman–Crippen MR) is 65.9 cm³/mol. The largest absolute Gasteiger partial charge is 0.374 e. The molecule has 1 aliphatic heterocycles. The summed E-state index contributed by atoms with van der Waals surface area (Å²) in [5.41, 5.74) is 1.86. The van der Waals surface area contributed by atoms with Crippen molar-refractivity contribution in [1.29, 1.82) is 5.26 Å². The van der Waals surface area contributed by atoms with Gasteiger partial charge < -0.3 is 9.64 Å². The van der Waals surface area contributed by atoms with E-state index >= 15 is 0 Å². The maximum absolute atomic E-state index is 9.18. The molecule has 3 nitrogen and oxygen atoms in total. The van der Waals surface area contributed by atoms with E-state index in [2.05, 4.69) is 17.0 Å². The number of ether oxygens (including phenoxy) is 1. The number of nitriles is 1. The van der Waals surface area contributed by atoms with Crippen LogP contribution in [0.2, 0.25) is 0 Å². The van der Waals surface area contributed by atoms with Crippen molar-refractivity contribution in [3.05, 3.63) is 29.8 Å². The third-order valence-corrected chi connectivity index (χ3v) is 3.82. The van der Waals surface area contributed by atoms with E-state index in [-0.39, 0.29) is 0 Å². The van der Waals surface area contributed by atoms with Crippen LogP contribution in [0.25, 0.3) is 0 Å². The molecule has 2 atom stereocenters. The lowest BCUT2D eigenvalue weighted by Crippen LogP contribution is -2.48. The molecule has 0 N–H and O–H groups in total. The van der Waals surface area contributed by atoms with Gasteiger partial charge in [0.2, 0.25) is 0 Å². The van der Waals surface area contributed by atoms with Crippen molar-refractivity contribution in [1.82, 2.24) is 0 Å². The van der Waals surface area contributed by atoms with Gasteiger partial charge in [-0.05, 0) is 31.4 Å². The second-order valence-electron chi connectivity index (χ2n) is 4.73. The third-order valence-electron chi connectivity index (χ3n) is 3.82. The molecule has 2 unspecified atom stereocenters. The van der Waals surface area contributed by atoms with Gasteiger partial charge in [0, 0.05) is 6.54 Å². The molecule has 0 spiro atoms. The average molecular weight is 228 g/mol. The second kappa shape index (κ2) is 4.38. The Kier molecular flexibility index (Phi) is 2.74. The SMILES string of the molecule is N#Cc1ccccc1N1CCOC2CCCC21. The number of hydrogen-bond acceptors (Lipinski definition) is 3. The minimum Gasteiger partial charge on any atom is -0.374 e. The molecule has 17 heavy (non-hydrogen) atoms. The minimum absolute atomic E-state index is 0.371. The highest BCUT2D eigenvalue weighted by Crippen LogP contribution is 2.34. The van der Waals surface area contributed by atoms with Crippen LogP contribution in [0.15, 0.2) is 24.3 Å². The van der Waals surface area contributed by atoms with E-state index in [4.69, 9.17) is 4.74 Å². The first-order valence-corrected chi connectivity index (χ1v) is 6.27. The van der Waals surface area contributed by atoms with Crippen LogP contribution in [-0.2, 0) is 4.74 Å². The number of anilines is 1. The van der Waals surface area contributed by atoms with Crippen molar-refractivity contribution in [3.8, 4) is 6.07 Å². The maximum atomic E-state index is 9.18. The topological polar surface area (TPSA) is 36.3 Å². The first-order chi connectivity index (χ1) is 8.40. The zero-order chi connectivity index (χ0) is 11.7. The maximum Gasteiger partial charge on any atom is 0.101 e. The zero-order valence-corrected chi connectivity index (χ0v) is 9.80. The Morgan fingerprint density at radius 2 is 2.18 bits per heavy atom. The molecule has 3 rings (SSSR count). The number of rotatable bonds is 1. The fourth-order valence-corrected chi connectivity index (χ4v) is 3.04. The number of fused-ring (bicyclic) bond motifs is 1. The Morgan fingerprint density at radius 1 is 1.29 bits per heavy atom. The van der Waals surface area contributed by atoms with Crippen LogP contribution >= 0.6 is 0 Å². The van der Waals surface area contributed by atoms with Crippen LogP contribution < -0.4 is 4.90 Å². The molecule has 1 heterocycles. The van der Waals surface area contributed by atoms with Crippen LogP contribution in [0.4, 0.5) is 5.69 Å². The molecule has 1 aromatic carbocycles. The Labute approximate surface area is 102 Å². The lowest BCUT2D eigenvalue weighted by atomic mass is 10.1. The number of nitrogens with zero attached hydrogens (tertiary/aromatic N) is 2. The van der Waals surface area contributed by atoms with E-state index in [1.54, 1.807) is 0 Å². The summed E-state index contributed by atoms with van der Waals surface area (Å²) < 4.78 is 5.80. The Hall–Kier alpha value is -1.53. The summed E-state index contributed by atoms with van der Waals surface area (Å²) in [5, 5.41) is 9.18. The lowest BCUT2D eigenvalue weighted by molar-refractivity contribution is 0.0256. The summed E-state index contributed by atoms with van der Waals surface area (Å²) in [5.74, 6) is 0. The van der Waals surface area contributed by atoms with Gasteiger partial charge in [0.15, 0.2) is 0 Å². The van der Waals surface area contributed by atoms with Crippen molar-refractivity contribution in [2.24, 2.45) is 0 Å². The smallest absolute Gasteiger partial charge is 0.101 e. The van der Waals surface area contributed by atoms with Gasteiger partial charge in [-0.2, -0.15) is 5.26 Å². The molecule has 3 heteroatoms. The molecule has 2 aliphatic rings. The van der Waals surface area contributed by atoms with Gasteiger partial charge in [-0.1, -0.05) is 12.1 Å². The van der Waals surface area contributed by atoms with Crippen molar-refractivity contribution in [3.63, 3.8) is 0 Å². The van der Waals surface area contributed by atoms with E-state index in [1.165, 1.54) is 12.8 Å². The summed E-state index contributed by atoms with van der Waals surface area (Å²) in [6, 6.07) is 10.6. The van der Waals surface area contributed by atoms with Gasteiger partial charge in [-0.15, -0.1) is 0 Å². The first-order valence-electron chi connectivity index (χ1n) is 6.27. The van der Waals surface area contributed by atoms with Gasteiger partial charge in [0.25, 0.3) is 0 Å². The Bertz CT molecular complexity index is 452. The van der Waals surface area contributed by atoms with Gasteiger partial charge >= 0.3 is 0 Å². The summed E-state index contributed by atoms with van der Waals surface area (Å²) in [7, 11) is 0. The molecule has 1 aromatic rings. The van der Waals surface area contributed by atoms with Gasteiger partial charge in [0.1, 0.15) is 6.07 Å². The quantitative estimate of drug-likeness (QED) is 0.740. The zero-order valence-electron chi connectivity index (χ0n) is 9.80. The normalized spacial score (nSPS) is 27.6. The number of para-hydroxylation sites is 1. The molecular weight excluding hydrogens is 212 g/mol. The monoisotopic (exact) mass is 228 g/mol. The molecule has 2 fully saturated rings. The van der Waals surface area contributed by atoms with Crippen molar-refractivity contribution in [2.45, 2.75) is 31.4 Å². The number of hydrogen-bond donors (Lipinski definition) is 0. The van der Waals surface area contributed by atoms with Crippen molar-refractivity contribution >= 4 is 5.69 Å². The number of morpholine rings is 1. The molecule has 0 amide bonds. The van der Waals surface area contributed by atoms with Gasteiger partial charge in [-0.25, -0.2) is 0 Å². The lowest BCUT2D eigenvalue weighted by Gasteiger charge is -2.39. The molecular formula is C14H16N2O. The summed E-state index contributed by atoms with van der Waals surface area (Å²) in [4.78, 5) is 2.37. The molecule has 0 aromatic heterocycles. The van der Waals surface area contributed by atoms with E-state index < -0.39 is 0 Å². The van der Waals surface area contributed by atoms with E-state index in [0.29, 0.717) is 12.1 Å². The predicted octanol–water partition coefficient (Wildman–Crippen LogP) is 2.32. The summed E-state index contributed by atoms with van der Waals surface area (Å²) in [6.45, 7) is 1.68. The molecule has 0 bridgehead atoms. The fraction of sp³-hybridized carbons (Fsp3) is 0.500. The minimum atomic E-state index is 0.371. The van der Waals surface area contributed by atoms with E-state index in [1.807, 2.05) is 18.2 Å². The second-order valence-corrected chi connectivity index (χ2v) is 4.73. The fourth-order valence-electron chi connectivity index (χ4n) is 3.04. The van der Waals surface area contributed by atoms with Crippen LogP contribution in [0, 0.1) is 11.3 Å². The molecule has 88 valence electrons. The van der Waals surface area contributed by atoms with Crippen LogP contribution in [0.5, 0.6) is 0 Å². The highest BCUT2D eigenvalue weighted by Gasteiger charge is 2.36. The average Bonchev–Trinajstić information content (AvgIpc) is 2.86. The summed E-state index contributed by atoms with van der Waals surface area (Å²) in [6.07, 6.45) is 3.96. The van der Waals surface area contributed by atoms with Crippen LogP contribution in [-0.4, -0.2) is 25.3 Å². The van der Waals surface area contributed by atoms with Crippen LogP contribution in [0.3, 0.4) is 0 Å². The molecule has 1 saturated carbocycles. The third kappa shape index (κ3) is 1.79. The van der Waals surface area contributed by atoms with E-state index in [9.17, 15) is 5.26 Å². The Morgan fingerprint density at radius 3 is 3.06 bits per heavy atom. The van der Waals surface area contributed by atoms with Gasteiger partial charge in [-0.3, -0.25) is 0 Å². The first kappa shape index (κ1) is 10.6. The van der Waals surface area contributed by atoms with Crippen molar-refractivity contribution in [2.75, 3.05) is 18.1 Å². The Balaban J connectivity index is 1.95.